The summed E-state index contributed by atoms with van der Waals surface area (Å²) in [4.78, 5) is 19.1. The summed E-state index contributed by atoms with van der Waals surface area (Å²) in [6.45, 7) is 3.96. The third-order valence-corrected chi connectivity index (χ3v) is 6.40. The number of urea groups is 1. The monoisotopic (exact) mass is 426 g/mol. The summed E-state index contributed by atoms with van der Waals surface area (Å²) in [5.41, 5.74) is 0.101. The molecule has 1 saturated carbocycles. The van der Waals surface area contributed by atoms with Gasteiger partial charge in [0.1, 0.15) is 0 Å². The molecular formula is C21H29F3N4O2. The standard InChI is InChI=1S/C21H29F3N4O2/c1-26-8-10-27(11-9-26)17-7-6-15(21(22,23)24)14-16(17)25-20(29)28-12-13-30-19-5-3-2-4-18(19)28/h6-7,14,18-19H,2-5,8-13H2,1H3,(H,25,29). The largest absolute Gasteiger partial charge is 0.416 e. The van der Waals surface area contributed by atoms with Gasteiger partial charge in [-0.1, -0.05) is 12.8 Å². The number of likely N-dealkylation sites (N-methyl/N-ethyl adjacent to an activating group) is 1. The van der Waals surface area contributed by atoms with Gasteiger partial charge in [0.25, 0.3) is 0 Å². The third-order valence-electron chi connectivity index (χ3n) is 6.40. The quantitative estimate of drug-likeness (QED) is 0.785. The Labute approximate surface area is 174 Å². The van der Waals surface area contributed by atoms with Crippen molar-refractivity contribution in [2.45, 2.75) is 44.0 Å². The fraction of sp³-hybridized carbons (Fsp3) is 0.667. The minimum atomic E-state index is -4.46. The Morgan fingerprint density at radius 3 is 2.57 bits per heavy atom. The van der Waals surface area contributed by atoms with Crippen molar-refractivity contribution < 1.29 is 22.7 Å². The molecule has 6 nitrogen and oxygen atoms in total. The molecule has 4 rings (SSSR count). The van der Waals surface area contributed by atoms with E-state index >= 15 is 0 Å². The summed E-state index contributed by atoms with van der Waals surface area (Å²) in [5.74, 6) is 0. The molecule has 2 saturated heterocycles. The van der Waals surface area contributed by atoms with Crippen LogP contribution in [0.5, 0.6) is 0 Å². The van der Waals surface area contributed by atoms with Gasteiger partial charge in [-0.25, -0.2) is 4.79 Å². The van der Waals surface area contributed by atoms with Crippen molar-refractivity contribution in [1.29, 1.82) is 0 Å². The first-order valence-corrected chi connectivity index (χ1v) is 10.7. The van der Waals surface area contributed by atoms with Gasteiger partial charge in [0.2, 0.25) is 0 Å². The SMILES string of the molecule is CN1CCN(c2ccc(C(F)(F)F)cc2NC(=O)N2CCOC3CCCCC32)CC1. The number of rotatable bonds is 2. The molecule has 3 aliphatic rings. The fourth-order valence-electron chi connectivity index (χ4n) is 4.67. The highest BCUT2D eigenvalue weighted by Crippen LogP contribution is 2.36. The summed E-state index contributed by atoms with van der Waals surface area (Å²) in [6, 6.07) is 3.28. The fourth-order valence-corrected chi connectivity index (χ4v) is 4.67. The summed E-state index contributed by atoms with van der Waals surface area (Å²) in [7, 11) is 2.02. The molecule has 2 unspecified atom stereocenters. The second kappa shape index (κ2) is 8.63. The van der Waals surface area contributed by atoms with E-state index in [2.05, 4.69) is 10.2 Å². The van der Waals surface area contributed by atoms with Crippen molar-refractivity contribution in [3.8, 4) is 0 Å². The number of morpholine rings is 1. The van der Waals surface area contributed by atoms with Gasteiger partial charge in [0, 0.05) is 32.7 Å². The molecule has 166 valence electrons. The second-order valence-corrected chi connectivity index (χ2v) is 8.40. The number of carbonyl (C=O) groups excluding carboxylic acids is 1. The summed E-state index contributed by atoms with van der Waals surface area (Å²) >= 11 is 0. The highest BCUT2D eigenvalue weighted by Gasteiger charge is 2.37. The van der Waals surface area contributed by atoms with Crippen LogP contribution in [0.4, 0.5) is 29.3 Å². The number of amides is 2. The molecule has 0 spiro atoms. The van der Waals surface area contributed by atoms with Crippen LogP contribution in [0.2, 0.25) is 0 Å². The first-order valence-electron chi connectivity index (χ1n) is 10.7. The maximum Gasteiger partial charge on any atom is 0.416 e. The number of carbonyl (C=O) groups is 1. The number of piperazine rings is 1. The van der Waals surface area contributed by atoms with E-state index in [0.29, 0.717) is 31.9 Å². The van der Waals surface area contributed by atoms with Gasteiger partial charge < -0.3 is 24.8 Å². The van der Waals surface area contributed by atoms with Gasteiger partial charge in [0.05, 0.1) is 35.7 Å². The predicted molar refractivity (Wildman–Crippen MR) is 109 cm³/mol. The van der Waals surface area contributed by atoms with E-state index in [4.69, 9.17) is 4.74 Å². The average Bonchev–Trinajstić information content (AvgIpc) is 2.73. The van der Waals surface area contributed by atoms with Crippen molar-refractivity contribution in [3.05, 3.63) is 23.8 Å². The summed E-state index contributed by atoms with van der Waals surface area (Å²) in [5, 5.41) is 2.81. The van der Waals surface area contributed by atoms with Crippen LogP contribution in [0.3, 0.4) is 0 Å². The molecule has 2 heterocycles. The molecule has 30 heavy (non-hydrogen) atoms. The van der Waals surface area contributed by atoms with E-state index in [-0.39, 0.29) is 23.9 Å². The molecule has 0 bridgehead atoms. The zero-order valence-corrected chi connectivity index (χ0v) is 17.2. The van der Waals surface area contributed by atoms with Crippen LogP contribution in [0.1, 0.15) is 31.2 Å². The van der Waals surface area contributed by atoms with Gasteiger partial charge >= 0.3 is 12.2 Å². The molecule has 1 aromatic rings. The normalized spacial score (nSPS) is 25.7. The number of nitrogens with one attached hydrogen (secondary N) is 1. The minimum absolute atomic E-state index is 0.00890. The van der Waals surface area contributed by atoms with Crippen molar-refractivity contribution in [2.75, 3.05) is 56.6 Å². The van der Waals surface area contributed by atoms with Gasteiger partial charge in [-0.15, -0.1) is 0 Å². The number of anilines is 2. The first kappa shape index (κ1) is 21.2. The number of hydrogen-bond acceptors (Lipinski definition) is 4. The number of nitrogens with zero attached hydrogens (tertiary/aromatic N) is 3. The topological polar surface area (TPSA) is 48.0 Å². The molecular weight excluding hydrogens is 397 g/mol. The van der Waals surface area contributed by atoms with E-state index in [1.807, 2.05) is 11.9 Å². The second-order valence-electron chi connectivity index (χ2n) is 8.40. The van der Waals surface area contributed by atoms with Crippen LogP contribution in [0, 0.1) is 0 Å². The Morgan fingerprint density at radius 1 is 1.10 bits per heavy atom. The molecule has 0 radical (unpaired) electrons. The van der Waals surface area contributed by atoms with Crippen LogP contribution in [-0.2, 0) is 10.9 Å². The van der Waals surface area contributed by atoms with Gasteiger partial charge in [0.15, 0.2) is 0 Å². The summed E-state index contributed by atoms with van der Waals surface area (Å²) in [6.07, 6.45) is -0.538. The van der Waals surface area contributed by atoms with Crippen LogP contribution >= 0.6 is 0 Å². The smallest absolute Gasteiger partial charge is 0.374 e. The molecule has 3 fully saturated rings. The van der Waals surface area contributed by atoms with Crippen molar-refractivity contribution in [2.24, 2.45) is 0 Å². The molecule has 1 aliphatic carbocycles. The number of ether oxygens (including phenoxy) is 1. The van der Waals surface area contributed by atoms with Crippen LogP contribution in [0.15, 0.2) is 18.2 Å². The summed E-state index contributed by atoms with van der Waals surface area (Å²) < 4.78 is 45.9. The first-order chi connectivity index (χ1) is 14.3. The van der Waals surface area contributed by atoms with Crippen molar-refractivity contribution in [3.63, 3.8) is 0 Å². The molecule has 1 N–H and O–H groups in total. The van der Waals surface area contributed by atoms with E-state index in [1.54, 1.807) is 4.90 Å². The van der Waals surface area contributed by atoms with E-state index in [0.717, 1.165) is 50.9 Å². The third kappa shape index (κ3) is 4.51. The lowest BCUT2D eigenvalue weighted by Crippen LogP contribution is -2.56. The van der Waals surface area contributed by atoms with E-state index in [1.165, 1.54) is 6.07 Å². The lowest BCUT2D eigenvalue weighted by atomic mass is 9.90. The van der Waals surface area contributed by atoms with Crippen molar-refractivity contribution in [1.82, 2.24) is 9.80 Å². The number of hydrogen-bond donors (Lipinski definition) is 1. The van der Waals surface area contributed by atoms with Gasteiger partial charge in [-0.3, -0.25) is 0 Å². The average molecular weight is 426 g/mol. The lowest BCUT2D eigenvalue weighted by Gasteiger charge is -2.43. The maximum atomic E-state index is 13.3. The van der Waals surface area contributed by atoms with Crippen LogP contribution < -0.4 is 10.2 Å². The van der Waals surface area contributed by atoms with Crippen molar-refractivity contribution >= 4 is 17.4 Å². The molecule has 1 aromatic carbocycles. The zero-order chi connectivity index (χ0) is 21.3. The van der Waals surface area contributed by atoms with Crippen LogP contribution in [-0.4, -0.2) is 74.4 Å². The van der Waals surface area contributed by atoms with Gasteiger partial charge in [-0.2, -0.15) is 13.2 Å². The van der Waals surface area contributed by atoms with Crippen LogP contribution in [0.25, 0.3) is 0 Å². The molecule has 9 heteroatoms. The maximum absolute atomic E-state index is 13.3. The molecule has 2 amide bonds. The Bertz CT molecular complexity index is 763. The highest BCUT2D eigenvalue weighted by molar-refractivity contribution is 5.94. The Hall–Kier alpha value is -2.00. The Balaban J connectivity index is 1.58. The van der Waals surface area contributed by atoms with Gasteiger partial charge in [-0.05, 0) is 38.1 Å². The number of alkyl halides is 3. The number of fused-ring (bicyclic) bond motifs is 1. The Morgan fingerprint density at radius 2 is 1.83 bits per heavy atom. The number of halogens is 3. The van der Waals surface area contributed by atoms with E-state index < -0.39 is 11.7 Å². The zero-order valence-electron chi connectivity index (χ0n) is 17.2. The molecule has 2 atom stereocenters. The highest BCUT2D eigenvalue weighted by atomic mass is 19.4. The molecule has 2 aliphatic heterocycles. The Kier molecular flexibility index (Phi) is 6.11. The minimum Gasteiger partial charge on any atom is -0.374 e. The van der Waals surface area contributed by atoms with E-state index in [9.17, 15) is 18.0 Å². The lowest BCUT2D eigenvalue weighted by molar-refractivity contribution is -0.137. The molecule has 0 aromatic heterocycles. The predicted octanol–water partition coefficient (Wildman–Crippen LogP) is 3.63. The number of benzene rings is 1.